The van der Waals surface area contributed by atoms with Crippen LogP contribution in [0.5, 0.6) is 0 Å². The normalized spacial score (nSPS) is 32.8. The van der Waals surface area contributed by atoms with E-state index in [4.69, 9.17) is 9.66 Å². The quantitative estimate of drug-likeness (QED) is 0.118. The summed E-state index contributed by atoms with van der Waals surface area (Å²) in [6, 6.07) is 0. The molecule has 1 aliphatic heterocycles. The highest BCUT2D eigenvalue weighted by Crippen LogP contribution is 2.26. The maximum atomic E-state index is 11.0. The van der Waals surface area contributed by atoms with Gasteiger partial charge in [0.25, 0.3) is 0 Å². The Morgan fingerprint density at radius 2 is 1.62 bits per heavy atom. The molecule has 0 aromatic heterocycles. The van der Waals surface area contributed by atoms with Gasteiger partial charge in [-0.1, -0.05) is 0 Å². The van der Waals surface area contributed by atoms with Crippen LogP contribution in [-0.2, 0) is 25.5 Å². The molecule has 0 bridgehead atoms. The zero-order valence-corrected chi connectivity index (χ0v) is 15.1. The van der Waals surface area contributed by atoms with E-state index in [0.717, 1.165) is 0 Å². The third-order valence-electron chi connectivity index (χ3n) is 4.03. The van der Waals surface area contributed by atoms with Crippen molar-refractivity contribution < 1.29 is 58.0 Å². The molecular weight excluding hydrogens is 400 g/mol. The lowest BCUT2D eigenvalue weighted by molar-refractivity contribution is -0.129. The Bertz CT molecular complexity index is 530. The molecule has 0 aliphatic carbocycles. The fourth-order valence-corrected chi connectivity index (χ4v) is 5.83. The van der Waals surface area contributed by atoms with Crippen molar-refractivity contribution in [3.63, 3.8) is 0 Å². The van der Waals surface area contributed by atoms with Gasteiger partial charge in [-0.2, -0.15) is 8.42 Å². The van der Waals surface area contributed by atoms with Gasteiger partial charge in [0.15, 0.2) is 5.25 Å². The van der Waals surface area contributed by atoms with E-state index in [2.05, 4.69) is 4.18 Å². The minimum absolute atomic E-state index is 0.0139. The molecule has 9 N–H and O–H groups in total. The Labute approximate surface area is 152 Å². The van der Waals surface area contributed by atoms with E-state index in [9.17, 15) is 44.2 Å². The summed E-state index contributed by atoms with van der Waals surface area (Å²) in [6.07, 6.45) is -12.6. The van der Waals surface area contributed by atoms with E-state index in [1.54, 1.807) is 0 Å². The van der Waals surface area contributed by atoms with Crippen molar-refractivity contribution in [3.05, 3.63) is 0 Å². The third-order valence-corrected chi connectivity index (χ3v) is 7.32. The number of aliphatic hydroxyl groups excluding tert-OH is 8. The van der Waals surface area contributed by atoms with E-state index in [-0.39, 0.29) is 11.5 Å². The van der Waals surface area contributed by atoms with Crippen LogP contribution in [0.1, 0.15) is 0 Å². The van der Waals surface area contributed by atoms with Gasteiger partial charge in [0.05, 0.1) is 13.2 Å². The molecule has 0 aromatic carbocycles. The van der Waals surface area contributed by atoms with Gasteiger partial charge >= 0.3 is 10.4 Å². The van der Waals surface area contributed by atoms with Crippen LogP contribution in [0.15, 0.2) is 0 Å². The minimum Gasteiger partial charge on any atom is -0.394 e. The molecule has 0 spiro atoms. The average molecular weight is 425 g/mol. The van der Waals surface area contributed by atoms with Crippen LogP contribution in [-0.4, -0.2) is 127 Å². The van der Waals surface area contributed by atoms with Crippen LogP contribution >= 0.6 is 0 Å². The van der Waals surface area contributed by atoms with Crippen molar-refractivity contribution in [2.75, 3.05) is 24.7 Å². The predicted molar refractivity (Wildman–Crippen MR) is 87.5 cm³/mol. The van der Waals surface area contributed by atoms with Gasteiger partial charge < -0.3 is 40.9 Å². The zero-order chi connectivity index (χ0) is 20.2. The molecule has 1 rings (SSSR count). The highest BCUT2D eigenvalue weighted by molar-refractivity contribution is 7.97. The number of hydrogen-bond donors (Lipinski definition) is 9. The SMILES string of the molecule is O=S(=O)(O)O[C@H](C(O)C[S+]1C[C@@H](O)[C@H](O)[C@H]1CO)C(O)C(O)C(O)CO. The third kappa shape index (κ3) is 6.22. The molecule has 1 saturated heterocycles. The molecule has 5 unspecified atom stereocenters. The van der Waals surface area contributed by atoms with E-state index in [1.807, 2.05) is 0 Å². The minimum atomic E-state index is -5.17. The van der Waals surface area contributed by atoms with Crippen LogP contribution in [0.4, 0.5) is 0 Å². The van der Waals surface area contributed by atoms with Gasteiger partial charge in [-0.3, -0.25) is 4.55 Å². The summed E-state index contributed by atoms with van der Waals surface area (Å²) < 4.78 is 35.0. The Hall–Kier alpha value is -0.100. The number of aliphatic hydroxyl groups is 8. The standard InChI is InChI=1S/C12H24O12S2/c13-1-5(15)10(19)11(20)12(24-26(21,22)23)7(17)4-25-3-6(16)9(18)8(25)2-14/h5-20H,1-4H2/p+1/t5?,6-,7?,8-,9+,10?,11?,12-,25?/m1/s1. The molecule has 26 heavy (non-hydrogen) atoms. The molecule has 156 valence electrons. The Morgan fingerprint density at radius 3 is 2.08 bits per heavy atom. The van der Waals surface area contributed by atoms with Crippen molar-refractivity contribution in [1.29, 1.82) is 0 Å². The summed E-state index contributed by atoms with van der Waals surface area (Å²) in [5.74, 6) is -0.363. The summed E-state index contributed by atoms with van der Waals surface area (Å²) in [4.78, 5) is 0. The van der Waals surface area contributed by atoms with Gasteiger partial charge in [0.2, 0.25) is 0 Å². The fraction of sp³-hybridized carbons (Fsp3) is 1.00. The fourth-order valence-electron chi connectivity index (χ4n) is 2.62. The lowest BCUT2D eigenvalue weighted by Gasteiger charge is -2.30. The molecule has 0 aromatic rings. The van der Waals surface area contributed by atoms with Crippen molar-refractivity contribution >= 4 is 21.3 Å². The molecule has 1 heterocycles. The van der Waals surface area contributed by atoms with Gasteiger partial charge in [0.1, 0.15) is 54.2 Å². The lowest BCUT2D eigenvalue weighted by atomic mass is 10.0. The molecule has 0 radical (unpaired) electrons. The van der Waals surface area contributed by atoms with Crippen LogP contribution in [0.3, 0.4) is 0 Å². The second-order valence-corrected chi connectivity index (χ2v) is 9.33. The molecule has 1 fully saturated rings. The first-order valence-electron chi connectivity index (χ1n) is 7.55. The Morgan fingerprint density at radius 1 is 1.04 bits per heavy atom. The topological polar surface area (TPSA) is 225 Å². The van der Waals surface area contributed by atoms with E-state index in [1.165, 1.54) is 0 Å². The summed E-state index contributed by atoms with van der Waals surface area (Å²) >= 11 is 0. The first-order chi connectivity index (χ1) is 11.9. The van der Waals surface area contributed by atoms with Crippen molar-refractivity contribution in [2.24, 2.45) is 0 Å². The van der Waals surface area contributed by atoms with Crippen molar-refractivity contribution in [2.45, 2.75) is 48.0 Å². The first-order valence-corrected chi connectivity index (χ1v) is 10.5. The number of rotatable bonds is 10. The van der Waals surface area contributed by atoms with Gasteiger partial charge in [0, 0.05) is 10.9 Å². The second kappa shape index (κ2) is 9.90. The zero-order valence-electron chi connectivity index (χ0n) is 13.5. The average Bonchev–Trinajstić information content (AvgIpc) is 2.82. The van der Waals surface area contributed by atoms with Gasteiger partial charge in [-0.25, -0.2) is 4.18 Å². The van der Waals surface area contributed by atoms with Crippen molar-refractivity contribution in [1.82, 2.24) is 0 Å². The predicted octanol–water partition coefficient (Wildman–Crippen LogP) is -5.68. The maximum absolute atomic E-state index is 11.0. The van der Waals surface area contributed by atoms with Crippen LogP contribution in [0.25, 0.3) is 0 Å². The molecule has 0 saturated carbocycles. The molecule has 1 aliphatic rings. The molecule has 14 heteroatoms. The lowest BCUT2D eigenvalue weighted by Crippen LogP contribution is -2.53. The molecule has 9 atom stereocenters. The summed E-state index contributed by atoms with van der Waals surface area (Å²) in [5, 5.41) is 76.0. The van der Waals surface area contributed by atoms with E-state index >= 15 is 0 Å². The van der Waals surface area contributed by atoms with Crippen LogP contribution < -0.4 is 0 Å². The monoisotopic (exact) mass is 425 g/mol. The van der Waals surface area contributed by atoms with Crippen LogP contribution in [0.2, 0.25) is 0 Å². The van der Waals surface area contributed by atoms with E-state index in [0.29, 0.717) is 0 Å². The Balaban J connectivity index is 2.95. The molecular formula is C12H25O12S2+. The maximum Gasteiger partial charge on any atom is 0.397 e. The second-order valence-electron chi connectivity index (χ2n) is 5.94. The highest BCUT2D eigenvalue weighted by atomic mass is 32.3. The first kappa shape index (κ1) is 23.9. The van der Waals surface area contributed by atoms with E-state index < -0.39 is 82.5 Å². The highest BCUT2D eigenvalue weighted by Gasteiger charge is 2.52. The molecule has 12 nitrogen and oxygen atoms in total. The smallest absolute Gasteiger partial charge is 0.394 e. The van der Waals surface area contributed by atoms with Crippen molar-refractivity contribution in [3.8, 4) is 0 Å². The summed E-state index contributed by atoms with van der Waals surface area (Å²) in [7, 11) is -6.18. The molecule has 0 amide bonds. The van der Waals surface area contributed by atoms with Gasteiger partial charge in [-0.15, -0.1) is 0 Å². The summed E-state index contributed by atoms with van der Waals surface area (Å²) in [6.45, 7) is -1.51. The Kier molecular flexibility index (Phi) is 9.12. The van der Waals surface area contributed by atoms with Gasteiger partial charge in [-0.05, 0) is 0 Å². The number of hydrogen-bond acceptors (Lipinski definition) is 11. The van der Waals surface area contributed by atoms with Crippen LogP contribution in [0, 0.1) is 0 Å². The summed E-state index contributed by atoms with van der Waals surface area (Å²) in [5.41, 5.74) is 0. The largest absolute Gasteiger partial charge is 0.397 e.